The van der Waals surface area contributed by atoms with Crippen molar-refractivity contribution >= 4 is 5.65 Å². The average molecular weight is 334 g/mol. The maximum Gasteiger partial charge on any atom is 0.416 e. The molecule has 0 saturated carbocycles. The zero-order chi connectivity index (χ0) is 17.5. The van der Waals surface area contributed by atoms with Crippen LogP contribution in [0.25, 0.3) is 5.65 Å². The second kappa shape index (κ2) is 5.85. The summed E-state index contributed by atoms with van der Waals surface area (Å²) in [6.45, 7) is 6.14. The largest absolute Gasteiger partial charge is 0.440 e. The Labute approximate surface area is 137 Å². The molecular formula is C18H17F3N2O. The molecule has 0 bridgehead atoms. The molecule has 0 aliphatic heterocycles. The highest BCUT2D eigenvalue weighted by molar-refractivity contribution is 5.48. The van der Waals surface area contributed by atoms with Gasteiger partial charge in [-0.05, 0) is 42.2 Å². The van der Waals surface area contributed by atoms with Crippen LogP contribution in [0, 0.1) is 6.92 Å². The molecule has 3 aromatic rings. The molecule has 1 aromatic carbocycles. The Morgan fingerprint density at radius 1 is 1.12 bits per heavy atom. The molecule has 0 atom stereocenters. The molecule has 24 heavy (non-hydrogen) atoms. The monoisotopic (exact) mass is 334 g/mol. The number of ether oxygens (including phenoxy) is 1. The van der Waals surface area contributed by atoms with Gasteiger partial charge in [-0.3, -0.25) is 4.40 Å². The van der Waals surface area contributed by atoms with Gasteiger partial charge in [0.15, 0.2) is 0 Å². The first-order valence-corrected chi connectivity index (χ1v) is 7.58. The average Bonchev–Trinajstić information content (AvgIpc) is 2.94. The summed E-state index contributed by atoms with van der Waals surface area (Å²) in [6.07, 6.45) is -1.45. The summed E-state index contributed by atoms with van der Waals surface area (Å²) < 4.78 is 46.4. The summed E-state index contributed by atoms with van der Waals surface area (Å²) in [7, 11) is 0. The van der Waals surface area contributed by atoms with Crippen LogP contribution >= 0.6 is 0 Å². The van der Waals surface area contributed by atoms with E-state index in [4.69, 9.17) is 4.74 Å². The van der Waals surface area contributed by atoms with E-state index in [2.05, 4.69) is 18.8 Å². The van der Waals surface area contributed by atoms with Crippen molar-refractivity contribution in [2.75, 3.05) is 0 Å². The van der Waals surface area contributed by atoms with Crippen LogP contribution in [0.1, 0.15) is 36.5 Å². The van der Waals surface area contributed by atoms with Gasteiger partial charge in [-0.15, -0.1) is 0 Å². The van der Waals surface area contributed by atoms with E-state index in [1.54, 1.807) is 12.3 Å². The van der Waals surface area contributed by atoms with E-state index < -0.39 is 11.7 Å². The van der Waals surface area contributed by atoms with E-state index in [0.29, 0.717) is 11.7 Å². The van der Waals surface area contributed by atoms with Gasteiger partial charge in [0.05, 0.1) is 5.56 Å². The van der Waals surface area contributed by atoms with Crippen LogP contribution < -0.4 is 4.74 Å². The molecule has 3 rings (SSSR count). The minimum Gasteiger partial charge on any atom is -0.440 e. The van der Waals surface area contributed by atoms with E-state index in [1.807, 2.05) is 19.1 Å². The molecule has 6 heteroatoms. The summed E-state index contributed by atoms with van der Waals surface area (Å²) in [4.78, 5) is 3.93. The van der Waals surface area contributed by atoms with Crippen LogP contribution in [0.5, 0.6) is 11.6 Å². The van der Waals surface area contributed by atoms with Crippen molar-refractivity contribution in [2.45, 2.75) is 32.9 Å². The quantitative estimate of drug-likeness (QED) is 0.625. The first-order valence-electron chi connectivity index (χ1n) is 7.58. The number of alkyl halides is 3. The van der Waals surface area contributed by atoms with Crippen LogP contribution in [0.15, 0.2) is 42.7 Å². The van der Waals surface area contributed by atoms with Crippen LogP contribution in [-0.4, -0.2) is 9.38 Å². The van der Waals surface area contributed by atoms with Crippen molar-refractivity contribution < 1.29 is 17.9 Å². The molecule has 0 N–H and O–H groups in total. The van der Waals surface area contributed by atoms with Crippen molar-refractivity contribution in [1.29, 1.82) is 0 Å². The number of imidazole rings is 1. The van der Waals surface area contributed by atoms with Crippen molar-refractivity contribution in [3.8, 4) is 11.6 Å². The molecule has 0 unspecified atom stereocenters. The lowest BCUT2D eigenvalue weighted by atomic mass is 9.98. The predicted octanol–water partition coefficient (Wildman–Crippen LogP) is 5.58. The zero-order valence-corrected chi connectivity index (χ0v) is 13.6. The molecule has 0 aliphatic carbocycles. The number of hydrogen-bond donors (Lipinski definition) is 0. The van der Waals surface area contributed by atoms with Gasteiger partial charge in [0, 0.05) is 18.5 Å². The lowest BCUT2D eigenvalue weighted by Gasteiger charge is -2.14. The van der Waals surface area contributed by atoms with Crippen molar-refractivity contribution in [3.63, 3.8) is 0 Å². The second-order valence-electron chi connectivity index (χ2n) is 6.01. The van der Waals surface area contributed by atoms with Crippen LogP contribution in [-0.2, 0) is 6.18 Å². The van der Waals surface area contributed by atoms with Gasteiger partial charge in [0.2, 0.25) is 5.88 Å². The van der Waals surface area contributed by atoms with Gasteiger partial charge >= 0.3 is 6.18 Å². The molecule has 126 valence electrons. The highest BCUT2D eigenvalue weighted by Gasteiger charge is 2.32. The Kier molecular flexibility index (Phi) is 3.99. The minimum atomic E-state index is -4.46. The Bertz CT molecular complexity index is 882. The van der Waals surface area contributed by atoms with Crippen LogP contribution in [0.2, 0.25) is 0 Å². The van der Waals surface area contributed by atoms with Crippen LogP contribution in [0.4, 0.5) is 13.2 Å². The molecule has 3 nitrogen and oxygen atoms in total. The third kappa shape index (κ3) is 3.09. The molecule has 0 aliphatic rings. The number of pyridine rings is 1. The number of halogens is 3. The number of fused-ring (bicyclic) bond motifs is 1. The topological polar surface area (TPSA) is 26.5 Å². The summed E-state index contributed by atoms with van der Waals surface area (Å²) in [5, 5.41) is 0. The smallest absolute Gasteiger partial charge is 0.416 e. The predicted molar refractivity (Wildman–Crippen MR) is 85.5 cm³/mol. The Morgan fingerprint density at radius 2 is 1.88 bits per heavy atom. The standard InChI is InChI=1S/C18H17F3N2O/c1-11(2)15-5-4-14(8-12(15)3)24-17-10-13(18(19,20)21)9-16-22-6-7-23(16)17/h4-11H,1-3H3. The number of rotatable bonds is 3. The van der Waals surface area contributed by atoms with Gasteiger partial charge in [0.25, 0.3) is 0 Å². The first-order chi connectivity index (χ1) is 11.3. The third-order valence-corrected chi connectivity index (χ3v) is 3.88. The van der Waals surface area contributed by atoms with Gasteiger partial charge in [-0.1, -0.05) is 19.9 Å². The molecule has 2 aromatic heterocycles. The third-order valence-electron chi connectivity index (χ3n) is 3.88. The van der Waals surface area contributed by atoms with Crippen molar-refractivity contribution in [1.82, 2.24) is 9.38 Å². The normalized spacial score (nSPS) is 12.1. The molecular weight excluding hydrogens is 317 g/mol. The number of aryl methyl sites for hydroxylation is 1. The fourth-order valence-electron chi connectivity index (χ4n) is 2.71. The number of benzene rings is 1. The zero-order valence-electron chi connectivity index (χ0n) is 13.6. The highest BCUT2D eigenvalue weighted by Crippen LogP contribution is 2.34. The molecule has 0 fully saturated rings. The Hall–Kier alpha value is -2.50. The fourth-order valence-corrected chi connectivity index (χ4v) is 2.71. The van der Waals surface area contributed by atoms with Gasteiger partial charge in [0.1, 0.15) is 11.4 Å². The van der Waals surface area contributed by atoms with E-state index in [-0.39, 0.29) is 11.5 Å². The summed E-state index contributed by atoms with van der Waals surface area (Å²) in [6, 6.07) is 7.53. The second-order valence-corrected chi connectivity index (χ2v) is 6.01. The van der Waals surface area contributed by atoms with E-state index in [0.717, 1.165) is 17.7 Å². The highest BCUT2D eigenvalue weighted by atomic mass is 19.4. The fraction of sp³-hybridized carbons (Fsp3) is 0.278. The Morgan fingerprint density at radius 3 is 2.50 bits per heavy atom. The summed E-state index contributed by atoms with van der Waals surface area (Å²) >= 11 is 0. The molecule has 2 heterocycles. The lowest BCUT2D eigenvalue weighted by molar-refractivity contribution is -0.137. The SMILES string of the molecule is Cc1cc(Oc2cc(C(F)(F)F)cc3nccn23)ccc1C(C)C. The van der Waals surface area contributed by atoms with Crippen molar-refractivity contribution in [2.24, 2.45) is 0 Å². The minimum absolute atomic E-state index is 0.0778. The van der Waals surface area contributed by atoms with Crippen molar-refractivity contribution in [3.05, 3.63) is 59.4 Å². The molecule has 0 amide bonds. The number of aromatic nitrogens is 2. The Balaban J connectivity index is 2.03. The summed E-state index contributed by atoms with van der Waals surface area (Å²) in [5.74, 6) is 0.938. The van der Waals surface area contributed by atoms with Gasteiger partial charge in [-0.25, -0.2) is 4.98 Å². The van der Waals surface area contributed by atoms with E-state index >= 15 is 0 Å². The first kappa shape index (κ1) is 16.4. The van der Waals surface area contributed by atoms with Gasteiger partial charge in [-0.2, -0.15) is 13.2 Å². The van der Waals surface area contributed by atoms with Crippen LogP contribution in [0.3, 0.4) is 0 Å². The lowest BCUT2D eigenvalue weighted by Crippen LogP contribution is -2.07. The van der Waals surface area contributed by atoms with Gasteiger partial charge < -0.3 is 4.74 Å². The molecule has 0 radical (unpaired) electrons. The maximum absolute atomic E-state index is 13.1. The summed E-state index contributed by atoms with van der Waals surface area (Å²) in [5.41, 5.74) is 1.62. The maximum atomic E-state index is 13.1. The van der Waals surface area contributed by atoms with E-state index in [9.17, 15) is 13.2 Å². The molecule has 0 saturated heterocycles. The molecule has 0 spiro atoms. The number of nitrogens with zero attached hydrogens (tertiary/aromatic N) is 2. The van der Waals surface area contributed by atoms with E-state index in [1.165, 1.54) is 16.2 Å². The number of hydrogen-bond acceptors (Lipinski definition) is 2.